The Morgan fingerprint density at radius 3 is 2.50 bits per heavy atom. The van der Waals surface area contributed by atoms with Crippen LogP contribution in [0.3, 0.4) is 0 Å². The van der Waals surface area contributed by atoms with Crippen LogP contribution in [0.1, 0.15) is 5.56 Å². The lowest BCUT2D eigenvalue weighted by molar-refractivity contribution is -0.139. The molecule has 0 spiro atoms. The van der Waals surface area contributed by atoms with Crippen LogP contribution in [0.2, 0.25) is 0 Å². The summed E-state index contributed by atoms with van der Waals surface area (Å²) < 4.78 is 51.5. The number of anilines is 3. The first-order valence-electron chi connectivity index (χ1n) is 5.32. The highest BCUT2D eigenvalue weighted by Crippen LogP contribution is 2.35. The van der Waals surface area contributed by atoms with E-state index >= 15 is 0 Å². The second-order valence-electron chi connectivity index (χ2n) is 3.90. The summed E-state index contributed by atoms with van der Waals surface area (Å²) >= 11 is 3.18. The fraction of sp³-hybridized carbons (Fsp3) is 0.0833. The van der Waals surface area contributed by atoms with Crippen molar-refractivity contribution in [2.24, 2.45) is 0 Å². The molecule has 0 saturated heterocycles. The molecule has 2 aromatic rings. The van der Waals surface area contributed by atoms with Gasteiger partial charge in [0.2, 0.25) is 0 Å². The molecule has 0 fully saturated rings. The maximum absolute atomic E-state index is 13.2. The Kier molecular flexibility index (Phi) is 3.85. The number of rotatable bonds is 2. The molecule has 0 aliphatic carbocycles. The number of hydrogen-bond donors (Lipinski definition) is 2. The zero-order valence-electron chi connectivity index (χ0n) is 9.80. The molecule has 1 aromatic heterocycles. The zero-order valence-corrected chi connectivity index (χ0v) is 11.4. The van der Waals surface area contributed by atoms with Gasteiger partial charge in [0.15, 0.2) is 0 Å². The lowest BCUT2D eigenvalue weighted by atomic mass is 10.1. The summed E-state index contributed by atoms with van der Waals surface area (Å²) in [7, 11) is 0. The number of alkyl halides is 3. The van der Waals surface area contributed by atoms with Crippen LogP contribution in [0.5, 0.6) is 0 Å². The van der Waals surface area contributed by atoms with Crippen LogP contribution in [0.25, 0.3) is 0 Å². The normalized spacial score (nSPS) is 11.4. The van der Waals surface area contributed by atoms with E-state index in [1.165, 1.54) is 18.5 Å². The summed E-state index contributed by atoms with van der Waals surface area (Å²) in [5.74, 6) is -1.33. The van der Waals surface area contributed by atoms with Crippen molar-refractivity contribution in [2.45, 2.75) is 6.18 Å². The summed E-state index contributed by atoms with van der Waals surface area (Å²) in [5.41, 5.74) is 5.01. The molecule has 8 heteroatoms. The molecule has 1 aromatic carbocycles. The molecule has 3 nitrogen and oxygen atoms in total. The van der Waals surface area contributed by atoms with E-state index in [0.717, 1.165) is 6.07 Å². The van der Waals surface area contributed by atoms with E-state index in [-0.39, 0.29) is 11.4 Å². The zero-order chi connectivity index (χ0) is 14.9. The number of benzene rings is 1. The Morgan fingerprint density at radius 2 is 1.90 bits per heavy atom. The van der Waals surface area contributed by atoms with Gasteiger partial charge < -0.3 is 11.1 Å². The van der Waals surface area contributed by atoms with Crippen LogP contribution >= 0.6 is 15.9 Å². The van der Waals surface area contributed by atoms with Gasteiger partial charge in [-0.1, -0.05) is 0 Å². The standard InChI is InChI=1S/C12H8BrF4N3/c13-8-4-19-5-10(18)11(8)20-6-1-2-9(14)7(3-6)12(15,16)17/h1-5H,18H2,(H,19,20). The predicted octanol–water partition coefficient (Wildman–Crippen LogP) is 4.33. The quantitative estimate of drug-likeness (QED) is 0.793. The maximum atomic E-state index is 13.2. The van der Waals surface area contributed by atoms with Gasteiger partial charge in [-0.3, -0.25) is 4.98 Å². The third-order valence-electron chi connectivity index (χ3n) is 2.47. The first-order chi connectivity index (χ1) is 9.29. The van der Waals surface area contributed by atoms with E-state index in [1.54, 1.807) is 0 Å². The van der Waals surface area contributed by atoms with Crippen molar-refractivity contribution in [2.75, 3.05) is 11.1 Å². The number of pyridine rings is 1. The molecule has 1 heterocycles. The second kappa shape index (κ2) is 5.28. The second-order valence-corrected chi connectivity index (χ2v) is 4.76. The first-order valence-corrected chi connectivity index (χ1v) is 6.11. The lowest BCUT2D eigenvalue weighted by Gasteiger charge is -2.13. The monoisotopic (exact) mass is 349 g/mol. The van der Waals surface area contributed by atoms with Gasteiger partial charge in [-0.15, -0.1) is 0 Å². The van der Waals surface area contributed by atoms with E-state index in [1.807, 2.05) is 0 Å². The number of hydrogen-bond acceptors (Lipinski definition) is 3. The molecule has 20 heavy (non-hydrogen) atoms. The summed E-state index contributed by atoms with van der Waals surface area (Å²) in [6.07, 6.45) is -1.98. The Labute approximate surface area is 119 Å². The number of aromatic nitrogens is 1. The van der Waals surface area contributed by atoms with Crippen LogP contribution in [-0.4, -0.2) is 4.98 Å². The average molecular weight is 350 g/mol. The Hall–Kier alpha value is -1.83. The molecule has 0 radical (unpaired) electrons. The van der Waals surface area contributed by atoms with Gasteiger partial charge in [0, 0.05) is 11.9 Å². The van der Waals surface area contributed by atoms with Gasteiger partial charge in [0.1, 0.15) is 5.82 Å². The van der Waals surface area contributed by atoms with Crippen LogP contribution in [0.15, 0.2) is 35.1 Å². The maximum Gasteiger partial charge on any atom is 0.419 e. The molecule has 106 valence electrons. The van der Waals surface area contributed by atoms with Crippen molar-refractivity contribution in [1.82, 2.24) is 4.98 Å². The molecular weight excluding hydrogens is 342 g/mol. The smallest absolute Gasteiger partial charge is 0.396 e. The van der Waals surface area contributed by atoms with Crippen molar-refractivity contribution in [3.63, 3.8) is 0 Å². The van der Waals surface area contributed by atoms with E-state index < -0.39 is 17.6 Å². The minimum absolute atomic E-state index is 0.0670. The number of nitrogen functional groups attached to an aromatic ring is 1. The minimum Gasteiger partial charge on any atom is -0.396 e. The van der Waals surface area contributed by atoms with Crippen molar-refractivity contribution in [1.29, 1.82) is 0 Å². The highest BCUT2D eigenvalue weighted by Gasteiger charge is 2.34. The fourth-order valence-electron chi connectivity index (χ4n) is 1.55. The first kappa shape index (κ1) is 14.6. The molecule has 2 rings (SSSR count). The van der Waals surface area contributed by atoms with Gasteiger partial charge in [0.05, 0.1) is 27.6 Å². The number of nitrogens with one attached hydrogen (secondary N) is 1. The summed E-state index contributed by atoms with van der Waals surface area (Å²) in [6, 6.07) is 2.62. The van der Waals surface area contributed by atoms with Crippen molar-refractivity contribution < 1.29 is 17.6 Å². The van der Waals surface area contributed by atoms with Gasteiger partial charge in [0.25, 0.3) is 0 Å². The summed E-state index contributed by atoms with van der Waals surface area (Å²) in [4.78, 5) is 3.81. The van der Waals surface area contributed by atoms with Gasteiger partial charge in [-0.25, -0.2) is 4.39 Å². The largest absolute Gasteiger partial charge is 0.419 e. The Bertz CT molecular complexity index is 623. The van der Waals surface area contributed by atoms with Gasteiger partial charge >= 0.3 is 6.18 Å². The van der Waals surface area contributed by atoms with Crippen molar-refractivity contribution in [3.8, 4) is 0 Å². The summed E-state index contributed by atoms with van der Waals surface area (Å²) in [5, 5.41) is 2.70. The van der Waals surface area contributed by atoms with E-state index in [9.17, 15) is 17.6 Å². The van der Waals surface area contributed by atoms with E-state index in [2.05, 4.69) is 26.2 Å². The van der Waals surface area contributed by atoms with E-state index in [4.69, 9.17) is 5.73 Å². The molecule has 0 unspecified atom stereocenters. The third kappa shape index (κ3) is 3.01. The molecule has 0 aliphatic heterocycles. The topological polar surface area (TPSA) is 50.9 Å². The van der Waals surface area contributed by atoms with Crippen LogP contribution in [-0.2, 0) is 6.18 Å². The molecule has 0 bridgehead atoms. The van der Waals surface area contributed by atoms with Gasteiger partial charge in [-0.2, -0.15) is 13.2 Å². The lowest BCUT2D eigenvalue weighted by Crippen LogP contribution is -2.09. The number of nitrogens with zero attached hydrogens (tertiary/aromatic N) is 1. The predicted molar refractivity (Wildman–Crippen MR) is 71.0 cm³/mol. The molecule has 3 N–H and O–H groups in total. The van der Waals surface area contributed by atoms with Crippen molar-refractivity contribution in [3.05, 3.63) is 46.4 Å². The van der Waals surface area contributed by atoms with E-state index in [0.29, 0.717) is 16.2 Å². The number of halogens is 5. The van der Waals surface area contributed by atoms with Crippen molar-refractivity contribution >= 4 is 33.0 Å². The van der Waals surface area contributed by atoms with Gasteiger partial charge in [-0.05, 0) is 34.1 Å². The SMILES string of the molecule is Nc1cncc(Br)c1Nc1ccc(F)c(C(F)(F)F)c1. The Balaban J connectivity index is 2.40. The van der Waals surface area contributed by atoms with Crippen LogP contribution in [0.4, 0.5) is 34.6 Å². The molecule has 0 atom stereocenters. The van der Waals surface area contributed by atoms with Crippen LogP contribution in [0, 0.1) is 5.82 Å². The molecule has 0 amide bonds. The molecular formula is C12H8BrF4N3. The highest BCUT2D eigenvalue weighted by atomic mass is 79.9. The molecule has 0 saturated carbocycles. The Morgan fingerprint density at radius 1 is 1.20 bits per heavy atom. The third-order valence-corrected chi connectivity index (χ3v) is 3.07. The minimum atomic E-state index is -4.76. The highest BCUT2D eigenvalue weighted by molar-refractivity contribution is 9.10. The number of nitrogens with two attached hydrogens (primary N) is 1. The average Bonchev–Trinajstić information content (AvgIpc) is 2.34. The molecule has 0 aliphatic rings. The summed E-state index contributed by atoms with van der Waals surface area (Å²) in [6.45, 7) is 0. The van der Waals surface area contributed by atoms with Crippen LogP contribution < -0.4 is 11.1 Å². The fourth-order valence-corrected chi connectivity index (χ4v) is 1.99.